The Morgan fingerprint density at radius 1 is 1.55 bits per heavy atom. The number of ketones is 1. The summed E-state index contributed by atoms with van der Waals surface area (Å²) >= 11 is 5.66. The van der Waals surface area contributed by atoms with E-state index in [2.05, 4.69) is 6.58 Å². The van der Waals surface area contributed by atoms with Crippen LogP contribution in [0.25, 0.3) is 0 Å². The number of benzene rings is 1. The minimum atomic E-state index is -0.104. The van der Waals surface area contributed by atoms with Gasteiger partial charge in [0.25, 0.3) is 0 Å². The molecule has 0 spiro atoms. The summed E-state index contributed by atoms with van der Waals surface area (Å²) in [6.07, 6.45) is 1.27. The number of hydrogen-bond donors (Lipinski definition) is 0. The molecule has 0 radical (unpaired) electrons. The van der Waals surface area contributed by atoms with Crippen molar-refractivity contribution in [1.82, 2.24) is 0 Å². The number of hydrogen-bond acceptors (Lipinski definition) is 1. The van der Waals surface area contributed by atoms with Crippen LogP contribution in [0.15, 0.2) is 36.9 Å². The molecule has 1 aromatic carbocycles. The maximum absolute atomic E-state index is 11.0. The summed E-state index contributed by atoms with van der Waals surface area (Å²) in [4.78, 5) is 11.0. The van der Waals surface area contributed by atoms with Crippen molar-refractivity contribution < 1.29 is 4.79 Å². The van der Waals surface area contributed by atoms with Crippen molar-refractivity contribution in [3.05, 3.63) is 47.5 Å². The highest BCUT2D eigenvalue weighted by atomic mass is 35.5. The van der Waals surface area contributed by atoms with Crippen LogP contribution in [0.4, 0.5) is 0 Å². The van der Waals surface area contributed by atoms with E-state index in [1.54, 1.807) is 24.3 Å². The maximum atomic E-state index is 11.0. The third-order valence-corrected chi connectivity index (χ3v) is 1.53. The molecule has 0 amide bonds. The molecule has 0 saturated carbocycles. The van der Waals surface area contributed by atoms with Crippen LogP contribution in [0.1, 0.15) is 10.4 Å². The summed E-state index contributed by atoms with van der Waals surface area (Å²) in [6, 6.07) is 6.78. The van der Waals surface area contributed by atoms with Crippen molar-refractivity contribution in [2.75, 3.05) is 0 Å². The zero-order valence-electron chi connectivity index (χ0n) is 5.88. The van der Waals surface area contributed by atoms with Gasteiger partial charge in [-0.25, -0.2) is 0 Å². The number of rotatable bonds is 2. The van der Waals surface area contributed by atoms with E-state index in [1.165, 1.54) is 6.08 Å². The molecule has 0 unspecified atom stereocenters. The first-order valence-corrected chi connectivity index (χ1v) is 3.54. The predicted molar refractivity (Wildman–Crippen MR) is 46.0 cm³/mol. The van der Waals surface area contributed by atoms with E-state index in [-0.39, 0.29) is 5.78 Å². The van der Waals surface area contributed by atoms with Crippen molar-refractivity contribution in [3.8, 4) is 0 Å². The van der Waals surface area contributed by atoms with Crippen LogP contribution in [-0.2, 0) is 0 Å². The van der Waals surface area contributed by atoms with Gasteiger partial charge in [-0.15, -0.1) is 0 Å². The van der Waals surface area contributed by atoms with Gasteiger partial charge in [-0.3, -0.25) is 4.79 Å². The van der Waals surface area contributed by atoms with Crippen molar-refractivity contribution in [3.63, 3.8) is 0 Å². The monoisotopic (exact) mass is 166 g/mol. The van der Waals surface area contributed by atoms with Crippen LogP contribution < -0.4 is 0 Å². The Kier molecular flexibility index (Phi) is 2.44. The third-order valence-electron chi connectivity index (χ3n) is 1.29. The second-order valence-electron chi connectivity index (χ2n) is 2.08. The summed E-state index contributed by atoms with van der Waals surface area (Å²) in [5.41, 5.74) is 0.576. The van der Waals surface area contributed by atoms with E-state index in [0.29, 0.717) is 10.6 Å². The average molecular weight is 167 g/mol. The fourth-order valence-electron chi connectivity index (χ4n) is 0.760. The molecule has 0 atom stereocenters. The van der Waals surface area contributed by atoms with Crippen LogP contribution in [0.5, 0.6) is 0 Å². The lowest BCUT2D eigenvalue weighted by Gasteiger charge is -1.94. The van der Waals surface area contributed by atoms with Crippen LogP contribution in [0.2, 0.25) is 5.02 Å². The van der Waals surface area contributed by atoms with Crippen LogP contribution in [-0.4, -0.2) is 5.78 Å². The molecular formula is C9H7ClO. The van der Waals surface area contributed by atoms with Crippen molar-refractivity contribution in [1.29, 1.82) is 0 Å². The van der Waals surface area contributed by atoms with E-state index >= 15 is 0 Å². The highest BCUT2D eigenvalue weighted by Crippen LogP contribution is 2.10. The molecule has 0 N–H and O–H groups in total. The SMILES string of the molecule is C=CC(=O)c1cccc(Cl)c1. The smallest absolute Gasteiger partial charge is 0.185 e. The molecule has 0 fully saturated rings. The molecule has 1 rings (SSSR count). The van der Waals surface area contributed by atoms with Gasteiger partial charge in [-0.05, 0) is 18.2 Å². The normalized spacial score (nSPS) is 9.18. The largest absolute Gasteiger partial charge is 0.289 e. The Bertz CT molecular complexity index is 291. The first kappa shape index (κ1) is 8.02. The minimum absolute atomic E-state index is 0.104. The van der Waals surface area contributed by atoms with Crippen LogP contribution in [0.3, 0.4) is 0 Å². The summed E-state index contributed by atoms with van der Waals surface area (Å²) < 4.78 is 0. The van der Waals surface area contributed by atoms with Gasteiger partial charge >= 0.3 is 0 Å². The van der Waals surface area contributed by atoms with Crippen molar-refractivity contribution in [2.24, 2.45) is 0 Å². The first-order valence-electron chi connectivity index (χ1n) is 3.16. The molecule has 0 aliphatic rings. The van der Waals surface area contributed by atoms with Crippen LogP contribution in [0, 0.1) is 0 Å². The number of carbonyl (C=O) groups is 1. The first-order chi connectivity index (χ1) is 5.24. The van der Waals surface area contributed by atoms with E-state index in [9.17, 15) is 4.79 Å². The predicted octanol–water partition coefficient (Wildman–Crippen LogP) is 2.71. The van der Waals surface area contributed by atoms with E-state index in [4.69, 9.17) is 11.6 Å². The Hall–Kier alpha value is -1.08. The Morgan fingerprint density at radius 2 is 2.27 bits per heavy atom. The molecule has 0 aliphatic carbocycles. The Labute approximate surface area is 70.3 Å². The molecule has 11 heavy (non-hydrogen) atoms. The zero-order chi connectivity index (χ0) is 8.27. The Balaban J connectivity index is 3.05. The van der Waals surface area contributed by atoms with Crippen molar-refractivity contribution in [2.45, 2.75) is 0 Å². The highest BCUT2D eigenvalue weighted by molar-refractivity contribution is 6.31. The minimum Gasteiger partial charge on any atom is -0.289 e. The van der Waals surface area contributed by atoms with Gasteiger partial charge < -0.3 is 0 Å². The second-order valence-corrected chi connectivity index (χ2v) is 2.52. The molecule has 56 valence electrons. The molecule has 1 nitrogen and oxygen atoms in total. The molecule has 1 aromatic rings. The van der Waals surface area contributed by atoms with Gasteiger partial charge in [0.2, 0.25) is 0 Å². The Morgan fingerprint density at radius 3 is 2.82 bits per heavy atom. The van der Waals surface area contributed by atoms with Gasteiger partial charge in [0.15, 0.2) is 5.78 Å². The maximum Gasteiger partial charge on any atom is 0.185 e. The highest BCUT2D eigenvalue weighted by Gasteiger charge is 1.99. The lowest BCUT2D eigenvalue weighted by molar-refractivity contribution is 0.104. The third kappa shape index (κ3) is 1.92. The molecule has 0 aromatic heterocycles. The summed E-state index contributed by atoms with van der Waals surface area (Å²) in [6.45, 7) is 3.37. The van der Waals surface area contributed by atoms with Gasteiger partial charge in [0, 0.05) is 10.6 Å². The summed E-state index contributed by atoms with van der Waals surface area (Å²) in [5.74, 6) is -0.104. The fraction of sp³-hybridized carbons (Fsp3) is 0. The van der Waals surface area contributed by atoms with Gasteiger partial charge in [-0.2, -0.15) is 0 Å². The summed E-state index contributed by atoms with van der Waals surface area (Å²) in [7, 11) is 0. The molecule has 0 bridgehead atoms. The quantitative estimate of drug-likeness (QED) is 0.488. The summed E-state index contributed by atoms with van der Waals surface area (Å²) in [5, 5.41) is 0.567. The molecule has 0 aliphatic heterocycles. The molecule has 0 heterocycles. The zero-order valence-corrected chi connectivity index (χ0v) is 6.64. The van der Waals surface area contributed by atoms with E-state index in [1.807, 2.05) is 0 Å². The fourth-order valence-corrected chi connectivity index (χ4v) is 0.950. The number of carbonyl (C=O) groups excluding carboxylic acids is 1. The average Bonchev–Trinajstić information content (AvgIpc) is 2.03. The van der Waals surface area contributed by atoms with Gasteiger partial charge in [-0.1, -0.05) is 30.3 Å². The molecule has 0 saturated heterocycles. The standard InChI is InChI=1S/C9H7ClO/c1-2-9(11)7-4-3-5-8(10)6-7/h2-6H,1H2. The topological polar surface area (TPSA) is 17.1 Å². The number of halogens is 1. The lowest BCUT2D eigenvalue weighted by Crippen LogP contribution is -1.91. The number of allylic oxidation sites excluding steroid dienone is 1. The molecule has 2 heteroatoms. The molecular weight excluding hydrogens is 160 g/mol. The lowest BCUT2D eigenvalue weighted by atomic mass is 10.1. The second kappa shape index (κ2) is 3.35. The van der Waals surface area contributed by atoms with Gasteiger partial charge in [0.05, 0.1) is 0 Å². The van der Waals surface area contributed by atoms with Crippen LogP contribution >= 0.6 is 11.6 Å². The van der Waals surface area contributed by atoms with Crippen molar-refractivity contribution >= 4 is 17.4 Å². The van der Waals surface area contributed by atoms with Gasteiger partial charge in [0.1, 0.15) is 0 Å². The van der Waals surface area contributed by atoms with E-state index < -0.39 is 0 Å². The van der Waals surface area contributed by atoms with E-state index in [0.717, 1.165) is 0 Å².